The standard InChI is InChI=1S/C10H18O4/c1-3-14-10(12)8-6-7(8)9(11)4-5-13-2/h7-9,11H,3-6H2,1-2H3/t7-,8-,9-/m0/s1. The van der Waals surface area contributed by atoms with E-state index >= 15 is 0 Å². The van der Waals surface area contributed by atoms with Crippen LogP contribution in [0.1, 0.15) is 19.8 Å². The maximum absolute atomic E-state index is 11.2. The average Bonchev–Trinajstić information content (AvgIpc) is 2.94. The molecule has 1 rings (SSSR count). The second kappa shape index (κ2) is 5.32. The third-order valence-corrected chi connectivity index (χ3v) is 2.54. The minimum atomic E-state index is -0.427. The lowest BCUT2D eigenvalue weighted by Gasteiger charge is -2.08. The largest absolute Gasteiger partial charge is 0.466 e. The molecular formula is C10H18O4. The highest BCUT2D eigenvalue weighted by molar-refractivity contribution is 5.75. The van der Waals surface area contributed by atoms with Crippen molar-refractivity contribution < 1.29 is 19.4 Å². The molecule has 0 aromatic carbocycles. The van der Waals surface area contributed by atoms with Crippen LogP contribution in [-0.4, -0.2) is 37.5 Å². The van der Waals surface area contributed by atoms with Crippen molar-refractivity contribution in [2.24, 2.45) is 11.8 Å². The second-order valence-electron chi connectivity index (χ2n) is 3.61. The van der Waals surface area contributed by atoms with Gasteiger partial charge in [0, 0.05) is 13.7 Å². The molecule has 4 nitrogen and oxygen atoms in total. The first kappa shape index (κ1) is 11.5. The highest BCUT2D eigenvalue weighted by Crippen LogP contribution is 2.43. The predicted molar refractivity (Wildman–Crippen MR) is 50.7 cm³/mol. The zero-order valence-corrected chi connectivity index (χ0v) is 8.73. The summed E-state index contributed by atoms with van der Waals surface area (Å²) < 4.78 is 9.73. The van der Waals surface area contributed by atoms with Gasteiger partial charge in [0.05, 0.1) is 18.6 Å². The van der Waals surface area contributed by atoms with Crippen LogP contribution in [0.5, 0.6) is 0 Å². The Morgan fingerprint density at radius 2 is 2.36 bits per heavy atom. The van der Waals surface area contributed by atoms with Crippen LogP contribution < -0.4 is 0 Å². The lowest BCUT2D eigenvalue weighted by atomic mass is 10.1. The van der Waals surface area contributed by atoms with E-state index < -0.39 is 6.10 Å². The first-order valence-electron chi connectivity index (χ1n) is 5.04. The molecule has 0 unspecified atom stereocenters. The smallest absolute Gasteiger partial charge is 0.309 e. The fourth-order valence-corrected chi connectivity index (χ4v) is 1.61. The Labute approximate surface area is 84.2 Å². The van der Waals surface area contributed by atoms with Crippen LogP contribution >= 0.6 is 0 Å². The molecule has 0 amide bonds. The van der Waals surface area contributed by atoms with E-state index in [-0.39, 0.29) is 17.8 Å². The van der Waals surface area contributed by atoms with Crippen LogP contribution in [0.15, 0.2) is 0 Å². The van der Waals surface area contributed by atoms with E-state index in [0.717, 1.165) is 6.42 Å². The third-order valence-electron chi connectivity index (χ3n) is 2.54. The van der Waals surface area contributed by atoms with Gasteiger partial charge in [0.25, 0.3) is 0 Å². The molecule has 1 fully saturated rings. The summed E-state index contributed by atoms with van der Waals surface area (Å²) in [5.41, 5.74) is 0. The second-order valence-corrected chi connectivity index (χ2v) is 3.61. The quantitative estimate of drug-likeness (QED) is 0.640. The van der Waals surface area contributed by atoms with Gasteiger partial charge in [-0.05, 0) is 25.7 Å². The third kappa shape index (κ3) is 2.96. The minimum absolute atomic E-state index is 0.0817. The number of carbonyl (C=O) groups is 1. The molecule has 82 valence electrons. The molecule has 1 aliphatic rings. The van der Waals surface area contributed by atoms with E-state index in [1.54, 1.807) is 14.0 Å². The first-order valence-corrected chi connectivity index (χ1v) is 5.04. The number of methoxy groups -OCH3 is 1. The van der Waals surface area contributed by atoms with Crippen LogP contribution in [0.4, 0.5) is 0 Å². The van der Waals surface area contributed by atoms with Crippen molar-refractivity contribution in [1.82, 2.24) is 0 Å². The summed E-state index contributed by atoms with van der Waals surface area (Å²) in [5, 5.41) is 9.62. The first-order chi connectivity index (χ1) is 6.70. The zero-order valence-electron chi connectivity index (χ0n) is 8.73. The van der Waals surface area contributed by atoms with Crippen LogP contribution in [0.3, 0.4) is 0 Å². The van der Waals surface area contributed by atoms with E-state index in [0.29, 0.717) is 19.6 Å². The summed E-state index contributed by atoms with van der Waals surface area (Å²) in [5.74, 6) is -0.167. The maximum Gasteiger partial charge on any atom is 0.309 e. The summed E-state index contributed by atoms with van der Waals surface area (Å²) >= 11 is 0. The molecule has 14 heavy (non-hydrogen) atoms. The Morgan fingerprint density at radius 3 is 2.93 bits per heavy atom. The van der Waals surface area contributed by atoms with E-state index in [2.05, 4.69) is 0 Å². The van der Waals surface area contributed by atoms with Gasteiger partial charge in [-0.1, -0.05) is 0 Å². The van der Waals surface area contributed by atoms with Crippen molar-refractivity contribution in [3.63, 3.8) is 0 Å². The van der Waals surface area contributed by atoms with E-state index in [1.165, 1.54) is 0 Å². The molecule has 4 heteroatoms. The molecule has 0 aromatic rings. The maximum atomic E-state index is 11.2. The van der Waals surface area contributed by atoms with Crippen molar-refractivity contribution in [2.45, 2.75) is 25.9 Å². The monoisotopic (exact) mass is 202 g/mol. The Balaban J connectivity index is 2.20. The number of hydrogen-bond acceptors (Lipinski definition) is 4. The molecule has 0 bridgehead atoms. The summed E-state index contributed by atoms with van der Waals surface area (Å²) in [6, 6.07) is 0. The summed E-state index contributed by atoms with van der Waals surface area (Å²) in [7, 11) is 1.60. The summed E-state index contributed by atoms with van der Waals surface area (Å²) in [6.07, 6.45) is 0.921. The molecule has 0 saturated heterocycles. The van der Waals surface area contributed by atoms with Gasteiger partial charge < -0.3 is 14.6 Å². The molecule has 0 radical (unpaired) electrons. The molecule has 0 spiro atoms. The fourth-order valence-electron chi connectivity index (χ4n) is 1.61. The van der Waals surface area contributed by atoms with Crippen molar-refractivity contribution in [2.75, 3.05) is 20.3 Å². The topological polar surface area (TPSA) is 55.8 Å². The van der Waals surface area contributed by atoms with Crippen molar-refractivity contribution in [3.05, 3.63) is 0 Å². The van der Waals surface area contributed by atoms with E-state index in [9.17, 15) is 9.90 Å². The molecule has 0 heterocycles. The van der Waals surface area contributed by atoms with E-state index in [1.807, 2.05) is 0 Å². The lowest BCUT2D eigenvalue weighted by Crippen LogP contribution is -2.17. The SMILES string of the molecule is CCOC(=O)[C@H]1C[C@@H]1[C@@H](O)CCOC. The molecular weight excluding hydrogens is 184 g/mol. The number of aliphatic hydroxyl groups is 1. The van der Waals surface area contributed by atoms with Gasteiger partial charge in [-0.15, -0.1) is 0 Å². The number of esters is 1. The molecule has 0 aromatic heterocycles. The number of ether oxygens (including phenoxy) is 2. The molecule has 0 aliphatic heterocycles. The summed E-state index contributed by atoms with van der Waals surface area (Å²) in [4.78, 5) is 11.2. The van der Waals surface area contributed by atoms with Crippen LogP contribution in [0.2, 0.25) is 0 Å². The van der Waals surface area contributed by atoms with Gasteiger partial charge in [-0.25, -0.2) is 0 Å². The van der Waals surface area contributed by atoms with Gasteiger partial charge in [0.1, 0.15) is 0 Å². The minimum Gasteiger partial charge on any atom is -0.466 e. The van der Waals surface area contributed by atoms with Crippen LogP contribution in [0.25, 0.3) is 0 Å². The number of carbonyl (C=O) groups excluding carboxylic acids is 1. The lowest BCUT2D eigenvalue weighted by molar-refractivity contribution is -0.145. The molecule has 1 N–H and O–H groups in total. The zero-order chi connectivity index (χ0) is 10.6. The van der Waals surface area contributed by atoms with Crippen molar-refractivity contribution in [1.29, 1.82) is 0 Å². The number of aliphatic hydroxyl groups excluding tert-OH is 1. The van der Waals surface area contributed by atoms with Crippen LogP contribution in [0, 0.1) is 11.8 Å². The Morgan fingerprint density at radius 1 is 1.64 bits per heavy atom. The van der Waals surface area contributed by atoms with Gasteiger partial charge in [0.2, 0.25) is 0 Å². The van der Waals surface area contributed by atoms with Crippen molar-refractivity contribution in [3.8, 4) is 0 Å². The van der Waals surface area contributed by atoms with Gasteiger partial charge in [-0.2, -0.15) is 0 Å². The molecule has 1 aliphatic carbocycles. The number of hydrogen-bond donors (Lipinski definition) is 1. The van der Waals surface area contributed by atoms with Crippen molar-refractivity contribution >= 4 is 5.97 Å². The van der Waals surface area contributed by atoms with Crippen LogP contribution in [-0.2, 0) is 14.3 Å². The fraction of sp³-hybridized carbons (Fsp3) is 0.900. The molecule has 1 saturated carbocycles. The Hall–Kier alpha value is -0.610. The predicted octanol–water partition coefficient (Wildman–Crippen LogP) is 0.583. The number of rotatable bonds is 6. The van der Waals surface area contributed by atoms with Gasteiger partial charge in [-0.3, -0.25) is 4.79 Å². The normalized spacial score (nSPS) is 27.1. The van der Waals surface area contributed by atoms with Gasteiger partial charge >= 0.3 is 5.97 Å². The van der Waals surface area contributed by atoms with E-state index in [4.69, 9.17) is 9.47 Å². The Kier molecular flexibility index (Phi) is 4.35. The average molecular weight is 202 g/mol. The molecule has 3 atom stereocenters. The van der Waals surface area contributed by atoms with Gasteiger partial charge in [0.15, 0.2) is 0 Å². The highest BCUT2D eigenvalue weighted by atomic mass is 16.5. The highest BCUT2D eigenvalue weighted by Gasteiger charge is 2.48. The summed E-state index contributed by atoms with van der Waals surface area (Å²) in [6.45, 7) is 2.74. The Bertz CT molecular complexity index is 193.